The first-order valence-electron chi connectivity index (χ1n) is 6.86. The van der Waals surface area contributed by atoms with Crippen molar-refractivity contribution in [2.24, 2.45) is 0 Å². The van der Waals surface area contributed by atoms with E-state index in [1.54, 1.807) is 12.1 Å². The van der Waals surface area contributed by atoms with Gasteiger partial charge in [0.15, 0.2) is 11.5 Å². The molecule has 6 nitrogen and oxygen atoms in total. The van der Waals surface area contributed by atoms with E-state index in [0.29, 0.717) is 17.0 Å². The van der Waals surface area contributed by atoms with Crippen LogP contribution in [0, 0.1) is 0 Å². The van der Waals surface area contributed by atoms with E-state index < -0.39 is 0 Å². The quantitative estimate of drug-likeness (QED) is 0.623. The van der Waals surface area contributed by atoms with E-state index in [1.807, 2.05) is 42.5 Å². The van der Waals surface area contributed by atoms with Crippen molar-refractivity contribution in [2.75, 3.05) is 5.32 Å². The molecule has 2 aromatic heterocycles. The van der Waals surface area contributed by atoms with E-state index in [-0.39, 0.29) is 11.6 Å². The lowest BCUT2D eigenvalue weighted by Gasteiger charge is -2.02. The Kier molecular flexibility index (Phi) is 3.32. The van der Waals surface area contributed by atoms with Gasteiger partial charge in [-0.25, -0.2) is 0 Å². The van der Waals surface area contributed by atoms with Crippen LogP contribution in [0.15, 0.2) is 59.1 Å². The highest BCUT2D eigenvalue weighted by molar-refractivity contribution is 7.00. The van der Waals surface area contributed by atoms with Crippen molar-refractivity contribution in [2.45, 2.75) is 0 Å². The van der Waals surface area contributed by atoms with Gasteiger partial charge in [0.1, 0.15) is 11.0 Å². The van der Waals surface area contributed by atoms with Gasteiger partial charge < -0.3 is 9.84 Å². The number of aromatic nitrogens is 3. The van der Waals surface area contributed by atoms with E-state index >= 15 is 0 Å². The second-order valence-corrected chi connectivity index (χ2v) is 5.36. The number of hydrogen-bond donors (Lipinski definition) is 1. The molecular formula is C16H10N4O2S. The van der Waals surface area contributed by atoms with Gasteiger partial charge in [-0.2, -0.15) is 8.75 Å². The Hall–Kier alpha value is -3.06. The van der Waals surface area contributed by atoms with Gasteiger partial charge in [-0.1, -0.05) is 41.6 Å². The third-order valence-electron chi connectivity index (χ3n) is 3.34. The number of anilines is 1. The van der Waals surface area contributed by atoms with Crippen LogP contribution in [-0.2, 0) is 0 Å². The molecule has 0 radical (unpaired) electrons. The zero-order valence-electron chi connectivity index (χ0n) is 11.8. The smallest absolute Gasteiger partial charge is 0.277 e. The van der Waals surface area contributed by atoms with Gasteiger partial charge in [0, 0.05) is 11.6 Å². The molecule has 0 saturated carbocycles. The summed E-state index contributed by atoms with van der Waals surface area (Å²) in [6.07, 6.45) is 0. The number of benzene rings is 2. The van der Waals surface area contributed by atoms with Crippen molar-refractivity contribution < 1.29 is 9.32 Å². The van der Waals surface area contributed by atoms with Gasteiger partial charge in [-0.05, 0) is 12.1 Å². The van der Waals surface area contributed by atoms with Crippen LogP contribution in [0.2, 0.25) is 0 Å². The molecular weight excluding hydrogens is 312 g/mol. The van der Waals surface area contributed by atoms with Crippen molar-refractivity contribution in [1.82, 2.24) is 13.9 Å². The SMILES string of the molecule is O=C(Nc1cccc2nsnc12)c1cc(-c2ccccc2)on1. The summed E-state index contributed by atoms with van der Waals surface area (Å²) in [4.78, 5) is 12.3. The fourth-order valence-corrected chi connectivity index (χ4v) is 2.76. The van der Waals surface area contributed by atoms with Crippen molar-refractivity contribution in [1.29, 1.82) is 0 Å². The molecule has 0 aliphatic heterocycles. The normalized spacial score (nSPS) is 10.8. The summed E-state index contributed by atoms with van der Waals surface area (Å²) in [5.41, 5.74) is 3.09. The molecule has 2 heterocycles. The summed E-state index contributed by atoms with van der Waals surface area (Å²) in [5.74, 6) is 0.195. The summed E-state index contributed by atoms with van der Waals surface area (Å²) < 4.78 is 13.6. The third kappa shape index (κ3) is 2.58. The fraction of sp³-hybridized carbons (Fsp3) is 0. The Balaban J connectivity index is 1.60. The van der Waals surface area contributed by atoms with Crippen LogP contribution in [0.5, 0.6) is 0 Å². The van der Waals surface area contributed by atoms with Crippen LogP contribution < -0.4 is 5.32 Å². The van der Waals surface area contributed by atoms with Crippen LogP contribution in [0.3, 0.4) is 0 Å². The summed E-state index contributed by atoms with van der Waals surface area (Å²) in [6, 6.07) is 16.5. The monoisotopic (exact) mass is 322 g/mol. The number of hydrogen-bond acceptors (Lipinski definition) is 6. The third-order valence-corrected chi connectivity index (χ3v) is 3.88. The van der Waals surface area contributed by atoms with Gasteiger partial charge in [0.05, 0.1) is 17.4 Å². The molecule has 0 bridgehead atoms. The Bertz CT molecular complexity index is 978. The number of amides is 1. The minimum atomic E-state index is -0.351. The molecule has 23 heavy (non-hydrogen) atoms. The molecule has 0 aliphatic rings. The van der Waals surface area contributed by atoms with Crippen LogP contribution in [-0.4, -0.2) is 19.8 Å². The lowest BCUT2D eigenvalue weighted by atomic mass is 10.1. The summed E-state index contributed by atoms with van der Waals surface area (Å²) >= 11 is 1.11. The molecule has 0 unspecified atom stereocenters. The number of carbonyl (C=O) groups is 1. The second kappa shape index (κ2) is 5.62. The van der Waals surface area contributed by atoms with E-state index in [9.17, 15) is 4.79 Å². The number of nitrogens with zero attached hydrogens (tertiary/aromatic N) is 3. The van der Waals surface area contributed by atoms with Crippen molar-refractivity contribution in [3.05, 3.63) is 60.3 Å². The fourth-order valence-electron chi connectivity index (χ4n) is 2.21. The summed E-state index contributed by atoms with van der Waals surface area (Å²) in [7, 11) is 0. The number of rotatable bonds is 3. The van der Waals surface area contributed by atoms with Crippen LogP contribution >= 0.6 is 11.7 Å². The van der Waals surface area contributed by atoms with Crippen molar-refractivity contribution in [3.8, 4) is 11.3 Å². The standard InChI is InChI=1S/C16H10N4O2S/c21-16(17-11-7-4-8-12-15(11)20-23-19-12)13-9-14(22-18-13)10-5-2-1-3-6-10/h1-9H,(H,17,21). The van der Waals surface area contributed by atoms with Crippen molar-refractivity contribution in [3.63, 3.8) is 0 Å². The predicted octanol–water partition coefficient (Wildman–Crippen LogP) is 3.60. The highest BCUT2D eigenvalue weighted by Gasteiger charge is 2.15. The molecule has 4 aromatic rings. The molecule has 2 aromatic carbocycles. The van der Waals surface area contributed by atoms with E-state index in [2.05, 4.69) is 19.2 Å². The first kappa shape index (κ1) is 13.6. The number of carbonyl (C=O) groups excluding carboxylic acids is 1. The van der Waals surface area contributed by atoms with Crippen LogP contribution in [0.4, 0.5) is 5.69 Å². The Labute approximate surface area is 135 Å². The topological polar surface area (TPSA) is 80.9 Å². The maximum absolute atomic E-state index is 12.3. The molecule has 0 fully saturated rings. The number of nitrogens with one attached hydrogen (secondary N) is 1. The Morgan fingerprint density at radius 2 is 1.91 bits per heavy atom. The van der Waals surface area contributed by atoms with Gasteiger partial charge in [0.2, 0.25) is 0 Å². The summed E-state index contributed by atoms with van der Waals surface area (Å²) in [6.45, 7) is 0. The molecule has 7 heteroatoms. The molecule has 4 rings (SSSR count). The summed E-state index contributed by atoms with van der Waals surface area (Å²) in [5, 5.41) is 6.63. The van der Waals surface area contributed by atoms with Crippen LogP contribution in [0.25, 0.3) is 22.4 Å². The van der Waals surface area contributed by atoms with Gasteiger partial charge >= 0.3 is 0 Å². The Morgan fingerprint density at radius 3 is 2.78 bits per heavy atom. The lowest BCUT2D eigenvalue weighted by molar-refractivity contribution is 0.101. The lowest BCUT2D eigenvalue weighted by Crippen LogP contribution is -2.12. The molecule has 1 amide bonds. The number of fused-ring (bicyclic) bond motifs is 1. The maximum atomic E-state index is 12.3. The molecule has 0 aliphatic carbocycles. The Morgan fingerprint density at radius 1 is 1.04 bits per heavy atom. The highest BCUT2D eigenvalue weighted by atomic mass is 32.1. The predicted molar refractivity (Wildman–Crippen MR) is 87.3 cm³/mol. The van der Waals surface area contributed by atoms with E-state index in [4.69, 9.17) is 4.52 Å². The van der Waals surface area contributed by atoms with E-state index in [0.717, 1.165) is 22.8 Å². The van der Waals surface area contributed by atoms with E-state index in [1.165, 1.54) is 0 Å². The molecule has 0 saturated heterocycles. The second-order valence-electron chi connectivity index (χ2n) is 4.83. The molecule has 1 N–H and O–H groups in total. The van der Waals surface area contributed by atoms with Gasteiger partial charge in [0.25, 0.3) is 5.91 Å². The zero-order chi connectivity index (χ0) is 15.6. The highest BCUT2D eigenvalue weighted by Crippen LogP contribution is 2.23. The molecule has 0 spiro atoms. The average Bonchev–Trinajstić information content (AvgIpc) is 3.25. The average molecular weight is 322 g/mol. The molecule has 112 valence electrons. The first-order valence-corrected chi connectivity index (χ1v) is 7.59. The van der Waals surface area contributed by atoms with Gasteiger partial charge in [-0.3, -0.25) is 4.79 Å². The van der Waals surface area contributed by atoms with Crippen molar-refractivity contribution >= 4 is 34.4 Å². The van der Waals surface area contributed by atoms with Crippen LogP contribution in [0.1, 0.15) is 10.5 Å². The minimum Gasteiger partial charge on any atom is -0.355 e. The maximum Gasteiger partial charge on any atom is 0.277 e. The largest absolute Gasteiger partial charge is 0.355 e. The van der Waals surface area contributed by atoms with Gasteiger partial charge in [-0.15, -0.1) is 0 Å². The zero-order valence-corrected chi connectivity index (χ0v) is 12.6. The molecule has 0 atom stereocenters. The minimum absolute atomic E-state index is 0.212. The first-order chi connectivity index (χ1) is 11.3.